The number of benzene rings is 2. The van der Waals surface area contributed by atoms with Gasteiger partial charge in [0.25, 0.3) is 0 Å². The zero-order valence-corrected chi connectivity index (χ0v) is 10.2. The van der Waals surface area contributed by atoms with Gasteiger partial charge >= 0.3 is 5.97 Å². The average molecular weight is 259 g/mol. The van der Waals surface area contributed by atoms with Gasteiger partial charge in [-0.3, -0.25) is 4.79 Å². The van der Waals surface area contributed by atoms with Crippen molar-refractivity contribution in [3.8, 4) is 11.1 Å². The number of rotatable bonds is 4. The number of aliphatic carboxylic acids is 1. The fraction of sp³-hybridized carbons (Fsp3) is 0.133. The molecule has 2 aromatic carbocycles. The Labute approximate surface area is 110 Å². The van der Waals surface area contributed by atoms with E-state index in [1.807, 2.05) is 24.3 Å². The highest BCUT2D eigenvalue weighted by Gasteiger charge is 2.14. The molecular weight excluding hydrogens is 245 g/mol. The average Bonchev–Trinajstić information content (AvgIpc) is 2.40. The first-order valence-electron chi connectivity index (χ1n) is 5.90. The molecule has 0 radical (unpaired) electrons. The fourth-order valence-corrected chi connectivity index (χ4v) is 1.93. The van der Waals surface area contributed by atoms with Gasteiger partial charge in [0, 0.05) is 0 Å². The van der Waals surface area contributed by atoms with Crippen molar-refractivity contribution >= 4 is 5.97 Å². The molecule has 0 aromatic heterocycles. The number of hydrogen-bond acceptors (Lipinski definition) is 2. The SMILES string of the molecule is N[C@@H](Cc1ccccc1-c1ccc(F)cc1)C(=O)O. The molecule has 0 heterocycles. The Morgan fingerprint density at radius 3 is 2.42 bits per heavy atom. The highest BCUT2D eigenvalue weighted by atomic mass is 19.1. The van der Waals surface area contributed by atoms with Crippen LogP contribution in [0.4, 0.5) is 4.39 Å². The minimum absolute atomic E-state index is 0.239. The number of carboxylic acid groups (broad SMARTS) is 1. The first-order valence-corrected chi connectivity index (χ1v) is 5.90. The molecule has 0 saturated heterocycles. The van der Waals surface area contributed by atoms with E-state index in [9.17, 15) is 9.18 Å². The molecule has 0 bridgehead atoms. The van der Waals surface area contributed by atoms with Crippen molar-refractivity contribution in [3.05, 3.63) is 59.9 Å². The second-order valence-corrected chi connectivity index (χ2v) is 4.31. The van der Waals surface area contributed by atoms with Gasteiger partial charge in [0.1, 0.15) is 11.9 Å². The van der Waals surface area contributed by atoms with Crippen molar-refractivity contribution in [1.82, 2.24) is 0 Å². The maximum atomic E-state index is 12.9. The molecule has 0 saturated carbocycles. The predicted octanol–water partition coefficient (Wildman–Crippen LogP) is 2.45. The van der Waals surface area contributed by atoms with Gasteiger partial charge in [0.05, 0.1) is 0 Å². The maximum Gasteiger partial charge on any atom is 0.320 e. The van der Waals surface area contributed by atoms with E-state index in [4.69, 9.17) is 10.8 Å². The van der Waals surface area contributed by atoms with E-state index in [0.29, 0.717) is 0 Å². The molecule has 0 aliphatic rings. The Morgan fingerprint density at radius 2 is 1.79 bits per heavy atom. The third-order valence-corrected chi connectivity index (χ3v) is 2.93. The lowest BCUT2D eigenvalue weighted by atomic mass is 9.95. The maximum absolute atomic E-state index is 12.9. The van der Waals surface area contributed by atoms with Crippen LogP contribution < -0.4 is 5.73 Å². The van der Waals surface area contributed by atoms with Gasteiger partial charge in [0.2, 0.25) is 0 Å². The Hall–Kier alpha value is -2.20. The molecule has 3 nitrogen and oxygen atoms in total. The van der Waals surface area contributed by atoms with E-state index in [-0.39, 0.29) is 12.2 Å². The fourth-order valence-electron chi connectivity index (χ4n) is 1.93. The minimum Gasteiger partial charge on any atom is -0.480 e. The standard InChI is InChI=1S/C15H14FNO2/c16-12-7-5-10(6-8-12)13-4-2-1-3-11(13)9-14(17)15(18)19/h1-8,14H,9,17H2,(H,18,19)/t14-/m0/s1. The summed E-state index contributed by atoms with van der Waals surface area (Å²) in [6, 6.07) is 12.5. The van der Waals surface area contributed by atoms with E-state index in [1.165, 1.54) is 12.1 Å². The van der Waals surface area contributed by atoms with Gasteiger partial charge in [0.15, 0.2) is 0 Å². The molecule has 0 amide bonds. The Bertz CT molecular complexity index is 581. The molecular formula is C15H14FNO2. The van der Waals surface area contributed by atoms with Crippen LogP contribution in [0.1, 0.15) is 5.56 Å². The van der Waals surface area contributed by atoms with E-state index in [1.54, 1.807) is 12.1 Å². The molecule has 0 aliphatic heterocycles. The van der Waals surface area contributed by atoms with Gasteiger partial charge in [-0.1, -0.05) is 36.4 Å². The van der Waals surface area contributed by atoms with Crippen LogP contribution in [0.15, 0.2) is 48.5 Å². The predicted molar refractivity (Wildman–Crippen MR) is 71.2 cm³/mol. The van der Waals surface area contributed by atoms with E-state index >= 15 is 0 Å². The summed E-state index contributed by atoms with van der Waals surface area (Å²) >= 11 is 0. The molecule has 4 heteroatoms. The zero-order valence-electron chi connectivity index (χ0n) is 10.2. The normalized spacial score (nSPS) is 12.1. The van der Waals surface area contributed by atoms with Gasteiger partial charge in [-0.2, -0.15) is 0 Å². The second-order valence-electron chi connectivity index (χ2n) is 4.31. The van der Waals surface area contributed by atoms with Crippen molar-refractivity contribution in [2.75, 3.05) is 0 Å². The molecule has 0 fully saturated rings. The molecule has 2 rings (SSSR count). The molecule has 98 valence electrons. The van der Waals surface area contributed by atoms with Crippen LogP contribution in [-0.2, 0) is 11.2 Å². The second kappa shape index (κ2) is 5.63. The Balaban J connectivity index is 2.35. The molecule has 19 heavy (non-hydrogen) atoms. The number of carbonyl (C=O) groups is 1. The van der Waals surface area contributed by atoms with Crippen LogP contribution >= 0.6 is 0 Å². The highest BCUT2D eigenvalue weighted by Crippen LogP contribution is 2.24. The number of carboxylic acids is 1. The van der Waals surface area contributed by atoms with Crippen LogP contribution in [-0.4, -0.2) is 17.1 Å². The van der Waals surface area contributed by atoms with Gasteiger partial charge < -0.3 is 10.8 Å². The van der Waals surface area contributed by atoms with Gasteiger partial charge in [-0.05, 0) is 35.2 Å². The van der Waals surface area contributed by atoms with E-state index in [0.717, 1.165) is 16.7 Å². The summed E-state index contributed by atoms with van der Waals surface area (Å²) < 4.78 is 12.9. The summed E-state index contributed by atoms with van der Waals surface area (Å²) in [5, 5.41) is 8.87. The van der Waals surface area contributed by atoms with Crippen LogP contribution in [0.2, 0.25) is 0 Å². The van der Waals surface area contributed by atoms with Crippen LogP contribution in [0, 0.1) is 5.82 Å². The largest absolute Gasteiger partial charge is 0.480 e. The lowest BCUT2D eigenvalue weighted by Gasteiger charge is -2.12. The molecule has 0 unspecified atom stereocenters. The summed E-state index contributed by atoms with van der Waals surface area (Å²) in [6.07, 6.45) is 0.239. The molecule has 0 spiro atoms. The van der Waals surface area contributed by atoms with Gasteiger partial charge in [-0.25, -0.2) is 4.39 Å². The van der Waals surface area contributed by atoms with Crippen molar-refractivity contribution in [1.29, 1.82) is 0 Å². The Kier molecular flexibility index (Phi) is 3.92. The lowest BCUT2D eigenvalue weighted by molar-refractivity contribution is -0.138. The topological polar surface area (TPSA) is 63.3 Å². The third kappa shape index (κ3) is 3.17. The summed E-state index contributed by atoms with van der Waals surface area (Å²) in [7, 11) is 0. The molecule has 1 atom stereocenters. The zero-order chi connectivity index (χ0) is 13.8. The first kappa shape index (κ1) is 13.2. The monoisotopic (exact) mass is 259 g/mol. The summed E-state index contributed by atoms with van der Waals surface area (Å²) in [5.74, 6) is -1.34. The number of halogens is 1. The van der Waals surface area contributed by atoms with Crippen LogP contribution in [0.5, 0.6) is 0 Å². The summed E-state index contributed by atoms with van der Waals surface area (Å²) in [5.41, 5.74) is 8.11. The minimum atomic E-state index is -1.03. The van der Waals surface area contributed by atoms with Crippen LogP contribution in [0.3, 0.4) is 0 Å². The van der Waals surface area contributed by atoms with Crippen molar-refractivity contribution < 1.29 is 14.3 Å². The lowest BCUT2D eigenvalue weighted by Crippen LogP contribution is -2.32. The van der Waals surface area contributed by atoms with Crippen molar-refractivity contribution in [2.24, 2.45) is 5.73 Å². The first-order chi connectivity index (χ1) is 9.08. The number of nitrogens with two attached hydrogens (primary N) is 1. The van der Waals surface area contributed by atoms with E-state index in [2.05, 4.69) is 0 Å². The summed E-state index contributed by atoms with van der Waals surface area (Å²) in [4.78, 5) is 10.8. The molecule has 2 aromatic rings. The van der Waals surface area contributed by atoms with Crippen molar-refractivity contribution in [2.45, 2.75) is 12.5 Å². The highest BCUT2D eigenvalue weighted by molar-refractivity contribution is 5.75. The molecule has 0 aliphatic carbocycles. The molecule has 3 N–H and O–H groups in total. The Morgan fingerprint density at radius 1 is 1.16 bits per heavy atom. The smallest absolute Gasteiger partial charge is 0.320 e. The summed E-state index contributed by atoms with van der Waals surface area (Å²) in [6.45, 7) is 0. The third-order valence-electron chi connectivity index (χ3n) is 2.93. The van der Waals surface area contributed by atoms with Gasteiger partial charge in [-0.15, -0.1) is 0 Å². The number of hydrogen-bond donors (Lipinski definition) is 2. The van der Waals surface area contributed by atoms with E-state index < -0.39 is 12.0 Å². The van der Waals surface area contributed by atoms with Crippen molar-refractivity contribution in [3.63, 3.8) is 0 Å². The van der Waals surface area contributed by atoms with Crippen LogP contribution in [0.25, 0.3) is 11.1 Å². The quantitative estimate of drug-likeness (QED) is 0.886.